The number of nitrogens with zero attached hydrogens (tertiary/aromatic N) is 2. The maximum atomic E-state index is 11.4. The van der Waals surface area contributed by atoms with E-state index in [2.05, 4.69) is 5.10 Å². The van der Waals surface area contributed by atoms with Gasteiger partial charge >= 0.3 is 5.97 Å². The summed E-state index contributed by atoms with van der Waals surface area (Å²) in [5.41, 5.74) is 9.23. The van der Waals surface area contributed by atoms with Gasteiger partial charge in [-0.05, 0) is 38.0 Å². The first-order valence-corrected chi connectivity index (χ1v) is 6.62. The molecule has 5 nitrogen and oxygen atoms in total. The van der Waals surface area contributed by atoms with Crippen molar-refractivity contribution < 1.29 is 9.90 Å². The first kappa shape index (κ1) is 14.4. The topological polar surface area (TPSA) is 81.1 Å². The van der Waals surface area contributed by atoms with Crippen molar-refractivity contribution in [2.45, 2.75) is 27.2 Å². The molecule has 0 aliphatic carbocycles. The Hall–Kier alpha value is -2.01. The molecule has 0 saturated heterocycles. The van der Waals surface area contributed by atoms with Crippen molar-refractivity contribution in [3.8, 4) is 5.69 Å². The number of hydrogen-bond donors (Lipinski definition) is 2. The van der Waals surface area contributed by atoms with Gasteiger partial charge in [0.05, 0.1) is 22.0 Å². The second kappa shape index (κ2) is 5.17. The second-order valence-corrected chi connectivity index (χ2v) is 5.03. The molecular weight excluding hydrogens is 278 g/mol. The third-order valence-corrected chi connectivity index (χ3v) is 3.61. The Morgan fingerprint density at radius 3 is 2.60 bits per heavy atom. The van der Waals surface area contributed by atoms with E-state index in [0.717, 1.165) is 23.4 Å². The van der Waals surface area contributed by atoms with Crippen LogP contribution in [-0.2, 0) is 6.42 Å². The maximum Gasteiger partial charge on any atom is 0.338 e. The summed E-state index contributed by atoms with van der Waals surface area (Å²) in [5, 5.41) is 14.0. The number of carboxylic acids is 1. The highest BCUT2D eigenvalue weighted by Crippen LogP contribution is 2.30. The van der Waals surface area contributed by atoms with Gasteiger partial charge in [-0.15, -0.1) is 0 Å². The van der Waals surface area contributed by atoms with E-state index >= 15 is 0 Å². The van der Waals surface area contributed by atoms with Crippen LogP contribution in [0.1, 0.15) is 34.2 Å². The molecule has 0 amide bonds. The number of aromatic carboxylic acids is 1. The van der Waals surface area contributed by atoms with Gasteiger partial charge in [-0.1, -0.05) is 18.5 Å². The van der Waals surface area contributed by atoms with Crippen LogP contribution in [0.4, 0.5) is 5.69 Å². The van der Waals surface area contributed by atoms with Crippen molar-refractivity contribution >= 4 is 23.3 Å². The Balaban J connectivity index is 2.79. The molecule has 1 aromatic heterocycles. The SMILES string of the molecule is CCc1c(C)nn(-c2c(Cl)cc(N)cc2C(=O)O)c1C. The van der Waals surface area contributed by atoms with Crippen LogP contribution >= 0.6 is 11.6 Å². The monoisotopic (exact) mass is 293 g/mol. The summed E-state index contributed by atoms with van der Waals surface area (Å²) in [7, 11) is 0. The Bertz CT molecular complexity index is 692. The zero-order valence-electron chi connectivity index (χ0n) is 11.6. The lowest BCUT2D eigenvalue weighted by Gasteiger charge is -2.12. The van der Waals surface area contributed by atoms with Gasteiger partial charge in [0.1, 0.15) is 0 Å². The lowest BCUT2D eigenvalue weighted by molar-refractivity contribution is 0.0697. The number of carboxylic acid groups (broad SMARTS) is 1. The number of aromatic nitrogens is 2. The Kier molecular flexibility index (Phi) is 3.72. The number of nitrogen functional groups attached to an aromatic ring is 1. The fourth-order valence-electron chi connectivity index (χ4n) is 2.40. The van der Waals surface area contributed by atoms with Crippen LogP contribution in [0.15, 0.2) is 12.1 Å². The number of anilines is 1. The van der Waals surface area contributed by atoms with Crippen LogP contribution < -0.4 is 5.73 Å². The van der Waals surface area contributed by atoms with Crippen LogP contribution in [0.2, 0.25) is 5.02 Å². The van der Waals surface area contributed by atoms with Crippen LogP contribution in [0.5, 0.6) is 0 Å². The number of aryl methyl sites for hydroxylation is 1. The summed E-state index contributed by atoms with van der Waals surface area (Å²) in [6, 6.07) is 2.93. The van der Waals surface area contributed by atoms with E-state index in [1.165, 1.54) is 12.1 Å². The highest BCUT2D eigenvalue weighted by Gasteiger charge is 2.20. The molecule has 0 spiro atoms. The zero-order valence-corrected chi connectivity index (χ0v) is 12.3. The van der Waals surface area contributed by atoms with Gasteiger partial charge in [0.15, 0.2) is 0 Å². The quantitative estimate of drug-likeness (QED) is 0.852. The van der Waals surface area contributed by atoms with Gasteiger partial charge in [-0.3, -0.25) is 0 Å². The average molecular weight is 294 g/mol. The lowest BCUT2D eigenvalue weighted by atomic mass is 10.1. The summed E-state index contributed by atoms with van der Waals surface area (Å²) >= 11 is 6.19. The molecule has 0 aliphatic rings. The molecule has 0 aliphatic heterocycles. The molecule has 1 heterocycles. The fourth-order valence-corrected chi connectivity index (χ4v) is 2.71. The van der Waals surface area contributed by atoms with E-state index in [4.69, 9.17) is 17.3 Å². The van der Waals surface area contributed by atoms with Crippen LogP contribution in [0.25, 0.3) is 5.69 Å². The average Bonchev–Trinajstić information content (AvgIpc) is 2.63. The molecule has 0 bridgehead atoms. The summed E-state index contributed by atoms with van der Waals surface area (Å²) in [4.78, 5) is 11.4. The smallest absolute Gasteiger partial charge is 0.338 e. The van der Waals surface area contributed by atoms with Crippen molar-refractivity contribution in [1.82, 2.24) is 9.78 Å². The molecule has 6 heteroatoms. The lowest BCUT2D eigenvalue weighted by Crippen LogP contribution is -2.10. The normalized spacial score (nSPS) is 10.8. The standard InChI is InChI=1S/C14H16ClN3O2/c1-4-10-7(2)17-18(8(10)3)13-11(14(19)20)5-9(16)6-12(13)15/h5-6H,4,16H2,1-3H3,(H,19,20). The third kappa shape index (κ3) is 2.25. The van der Waals surface area contributed by atoms with E-state index < -0.39 is 5.97 Å². The number of halogens is 1. The molecule has 20 heavy (non-hydrogen) atoms. The van der Waals surface area contributed by atoms with Crippen molar-refractivity contribution in [3.63, 3.8) is 0 Å². The van der Waals surface area contributed by atoms with Gasteiger partial charge in [0.25, 0.3) is 0 Å². The number of rotatable bonds is 3. The first-order chi connectivity index (χ1) is 9.36. The summed E-state index contributed by atoms with van der Waals surface area (Å²) in [5.74, 6) is -1.08. The minimum atomic E-state index is -1.08. The fraction of sp³-hybridized carbons (Fsp3) is 0.286. The van der Waals surface area contributed by atoms with Crippen molar-refractivity contribution in [3.05, 3.63) is 39.7 Å². The molecular formula is C14H16ClN3O2. The Morgan fingerprint density at radius 2 is 2.10 bits per heavy atom. The van der Waals surface area contributed by atoms with Gasteiger partial charge in [0.2, 0.25) is 0 Å². The van der Waals surface area contributed by atoms with Crippen molar-refractivity contribution in [1.29, 1.82) is 0 Å². The van der Waals surface area contributed by atoms with E-state index in [1.54, 1.807) is 4.68 Å². The maximum absolute atomic E-state index is 11.4. The van der Waals surface area contributed by atoms with Gasteiger partial charge in [-0.2, -0.15) is 5.10 Å². The molecule has 1 aromatic carbocycles. The Morgan fingerprint density at radius 1 is 1.45 bits per heavy atom. The summed E-state index contributed by atoms with van der Waals surface area (Å²) in [6.45, 7) is 5.83. The largest absolute Gasteiger partial charge is 0.478 e. The molecule has 2 aromatic rings. The van der Waals surface area contributed by atoms with Crippen LogP contribution in [0, 0.1) is 13.8 Å². The van der Waals surface area contributed by atoms with E-state index in [9.17, 15) is 9.90 Å². The molecule has 0 fully saturated rings. The molecule has 106 valence electrons. The van der Waals surface area contributed by atoms with Crippen LogP contribution in [-0.4, -0.2) is 20.9 Å². The number of carbonyl (C=O) groups is 1. The summed E-state index contributed by atoms with van der Waals surface area (Å²) < 4.78 is 1.58. The number of hydrogen-bond acceptors (Lipinski definition) is 3. The molecule has 0 atom stereocenters. The molecule has 2 rings (SSSR count). The van der Waals surface area contributed by atoms with E-state index in [-0.39, 0.29) is 10.6 Å². The number of benzene rings is 1. The highest BCUT2D eigenvalue weighted by atomic mass is 35.5. The van der Waals surface area contributed by atoms with Crippen molar-refractivity contribution in [2.24, 2.45) is 0 Å². The summed E-state index contributed by atoms with van der Waals surface area (Å²) in [6.07, 6.45) is 0.826. The van der Waals surface area contributed by atoms with E-state index in [1.807, 2.05) is 20.8 Å². The van der Waals surface area contributed by atoms with Crippen molar-refractivity contribution in [2.75, 3.05) is 5.73 Å². The molecule has 0 radical (unpaired) electrons. The minimum absolute atomic E-state index is 0.0447. The first-order valence-electron chi connectivity index (χ1n) is 6.24. The zero-order chi connectivity index (χ0) is 15.0. The van der Waals surface area contributed by atoms with E-state index in [0.29, 0.717) is 11.4 Å². The highest BCUT2D eigenvalue weighted by molar-refractivity contribution is 6.33. The molecule has 3 N–H and O–H groups in total. The molecule has 0 saturated carbocycles. The predicted molar refractivity (Wildman–Crippen MR) is 78.8 cm³/mol. The van der Waals surface area contributed by atoms with Crippen LogP contribution in [0.3, 0.4) is 0 Å². The molecule has 0 unspecified atom stereocenters. The van der Waals surface area contributed by atoms with Gasteiger partial charge in [-0.25, -0.2) is 9.48 Å². The Labute approximate surface area is 122 Å². The van der Waals surface area contributed by atoms with Gasteiger partial charge in [0, 0.05) is 11.4 Å². The minimum Gasteiger partial charge on any atom is -0.478 e. The number of nitrogens with two attached hydrogens (primary N) is 1. The van der Waals surface area contributed by atoms with Gasteiger partial charge < -0.3 is 10.8 Å². The predicted octanol–water partition coefficient (Wildman–Crippen LogP) is 2.99. The second-order valence-electron chi connectivity index (χ2n) is 4.62. The third-order valence-electron chi connectivity index (χ3n) is 3.32.